The van der Waals surface area contributed by atoms with Gasteiger partial charge in [-0.05, 0) is 79.9 Å². The lowest BCUT2D eigenvalue weighted by Crippen LogP contribution is -2.28. The Morgan fingerprint density at radius 1 is 0.323 bits per heavy atom. The van der Waals surface area contributed by atoms with Crippen LogP contribution < -0.4 is 0 Å². The minimum Gasteiger partial charge on any atom is -0.456 e. The number of rotatable bonds is 7. The van der Waals surface area contributed by atoms with Gasteiger partial charge in [0.15, 0.2) is 5.82 Å². The first-order chi connectivity index (χ1) is 30.7. The van der Waals surface area contributed by atoms with Gasteiger partial charge in [0.25, 0.3) is 0 Å². The molecule has 0 N–H and O–H groups in total. The highest BCUT2D eigenvalue weighted by Gasteiger charge is 2.46. The number of benzene rings is 9. The van der Waals surface area contributed by atoms with Crippen molar-refractivity contribution in [3.05, 3.63) is 253 Å². The number of furan rings is 1. The molecule has 1 aliphatic rings. The summed E-state index contributed by atoms with van der Waals surface area (Å²) >= 11 is 0. The molecule has 0 aliphatic heterocycles. The molecular formula is C59H38N2O. The van der Waals surface area contributed by atoms with Gasteiger partial charge in [0.2, 0.25) is 0 Å². The fraction of sp³-hybridized carbons (Fsp3) is 0.0169. The molecule has 11 aromatic rings. The predicted octanol–water partition coefficient (Wildman–Crippen LogP) is 15.1. The maximum absolute atomic E-state index is 6.21. The van der Waals surface area contributed by atoms with Crippen LogP contribution in [-0.2, 0) is 5.41 Å². The van der Waals surface area contributed by atoms with Gasteiger partial charge < -0.3 is 4.42 Å². The summed E-state index contributed by atoms with van der Waals surface area (Å²) in [4.78, 5) is 10.3. The highest BCUT2D eigenvalue weighted by molar-refractivity contribution is 6.06. The van der Waals surface area contributed by atoms with Gasteiger partial charge >= 0.3 is 0 Å². The first-order valence-corrected chi connectivity index (χ1v) is 21.1. The Kier molecular flexibility index (Phi) is 8.39. The second-order valence-corrected chi connectivity index (χ2v) is 16.0. The summed E-state index contributed by atoms with van der Waals surface area (Å²) in [7, 11) is 0. The molecule has 3 heteroatoms. The van der Waals surface area contributed by atoms with E-state index in [1.54, 1.807) is 0 Å². The monoisotopic (exact) mass is 790 g/mol. The molecule has 62 heavy (non-hydrogen) atoms. The highest BCUT2D eigenvalue weighted by atomic mass is 16.3. The molecule has 12 rings (SSSR count). The molecular weight excluding hydrogens is 753 g/mol. The third-order valence-corrected chi connectivity index (χ3v) is 12.6. The third kappa shape index (κ3) is 5.74. The molecule has 3 nitrogen and oxygen atoms in total. The van der Waals surface area contributed by atoms with E-state index in [-0.39, 0.29) is 0 Å². The first-order valence-electron chi connectivity index (χ1n) is 21.1. The van der Waals surface area contributed by atoms with Crippen LogP contribution in [0.5, 0.6) is 0 Å². The lowest BCUT2D eigenvalue weighted by atomic mass is 9.67. The molecule has 0 spiro atoms. The number of nitrogens with zero attached hydrogens (tertiary/aromatic N) is 2. The van der Waals surface area contributed by atoms with Crippen molar-refractivity contribution in [3.8, 4) is 67.3 Å². The zero-order chi connectivity index (χ0) is 41.0. The van der Waals surface area contributed by atoms with E-state index in [0.717, 1.165) is 66.7 Å². The summed E-state index contributed by atoms with van der Waals surface area (Å²) in [6.45, 7) is 0. The number of aromatic nitrogens is 2. The quantitative estimate of drug-likeness (QED) is 0.161. The molecule has 0 saturated carbocycles. The zero-order valence-electron chi connectivity index (χ0n) is 33.7. The molecule has 290 valence electrons. The Bertz CT molecular complexity index is 3390. The van der Waals surface area contributed by atoms with Crippen molar-refractivity contribution >= 4 is 21.9 Å². The van der Waals surface area contributed by atoms with Crippen molar-refractivity contribution in [3.63, 3.8) is 0 Å². The van der Waals surface area contributed by atoms with Gasteiger partial charge in [0.05, 0.1) is 16.8 Å². The molecule has 0 radical (unpaired) electrons. The van der Waals surface area contributed by atoms with Gasteiger partial charge in [-0.15, -0.1) is 0 Å². The summed E-state index contributed by atoms with van der Waals surface area (Å²) in [5.74, 6) is 0.692. The van der Waals surface area contributed by atoms with Gasteiger partial charge in [0.1, 0.15) is 11.2 Å². The SMILES string of the molecule is c1ccc(-c2nc(-c3ccc(-c4ccc5c(c4)oc4ccccc45)cc3)cc(-c3ccc(-c4cccc5c4-c4ccccc4C5(c4ccccc4)c4ccccc4)cc3)n2)cc1. The Labute approximate surface area is 360 Å². The fourth-order valence-corrected chi connectivity index (χ4v) is 9.75. The van der Waals surface area contributed by atoms with E-state index < -0.39 is 5.41 Å². The summed E-state index contributed by atoms with van der Waals surface area (Å²) < 4.78 is 6.21. The first kappa shape index (κ1) is 35.8. The Morgan fingerprint density at radius 2 is 0.839 bits per heavy atom. The van der Waals surface area contributed by atoms with Gasteiger partial charge in [-0.3, -0.25) is 0 Å². The molecule has 1 aliphatic carbocycles. The second kappa shape index (κ2) is 14.5. The fourth-order valence-electron chi connectivity index (χ4n) is 9.75. The molecule has 0 saturated heterocycles. The number of para-hydroxylation sites is 1. The molecule has 0 unspecified atom stereocenters. The van der Waals surface area contributed by atoms with Gasteiger partial charge in [-0.25, -0.2) is 9.97 Å². The minimum atomic E-state index is -0.448. The van der Waals surface area contributed by atoms with E-state index >= 15 is 0 Å². The van der Waals surface area contributed by atoms with E-state index in [1.165, 1.54) is 38.9 Å². The van der Waals surface area contributed by atoms with Crippen LogP contribution >= 0.6 is 0 Å². The van der Waals surface area contributed by atoms with Crippen molar-refractivity contribution in [1.29, 1.82) is 0 Å². The Hall–Kier alpha value is -8.14. The lowest BCUT2D eigenvalue weighted by molar-refractivity contribution is 0.669. The van der Waals surface area contributed by atoms with Crippen LogP contribution in [0.2, 0.25) is 0 Å². The number of hydrogen-bond acceptors (Lipinski definition) is 3. The van der Waals surface area contributed by atoms with Crippen molar-refractivity contribution in [2.75, 3.05) is 0 Å². The van der Waals surface area contributed by atoms with Crippen LogP contribution in [0.25, 0.3) is 89.2 Å². The number of fused-ring (bicyclic) bond motifs is 6. The average Bonchev–Trinajstić information content (AvgIpc) is 3.88. The van der Waals surface area contributed by atoms with E-state index in [4.69, 9.17) is 14.4 Å². The second-order valence-electron chi connectivity index (χ2n) is 16.0. The van der Waals surface area contributed by atoms with E-state index in [2.05, 4.69) is 200 Å². The summed E-state index contributed by atoms with van der Waals surface area (Å²) in [6.07, 6.45) is 0. The van der Waals surface area contributed by atoms with Crippen LogP contribution in [0.3, 0.4) is 0 Å². The van der Waals surface area contributed by atoms with Crippen molar-refractivity contribution in [2.24, 2.45) is 0 Å². The van der Waals surface area contributed by atoms with E-state index in [1.807, 2.05) is 30.3 Å². The molecule has 0 atom stereocenters. The molecule has 2 heterocycles. The smallest absolute Gasteiger partial charge is 0.160 e. The van der Waals surface area contributed by atoms with Crippen LogP contribution in [0, 0.1) is 0 Å². The van der Waals surface area contributed by atoms with Crippen LogP contribution in [0.1, 0.15) is 22.3 Å². The van der Waals surface area contributed by atoms with Crippen molar-refractivity contribution in [1.82, 2.24) is 9.97 Å². The van der Waals surface area contributed by atoms with Crippen molar-refractivity contribution in [2.45, 2.75) is 5.41 Å². The summed E-state index contributed by atoms with van der Waals surface area (Å²) in [5, 5.41) is 2.26. The van der Waals surface area contributed by atoms with Gasteiger partial charge in [0, 0.05) is 27.5 Å². The predicted molar refractivity (Wildman–Crippen MR) is 254 cm³/mol. The van der Waals surface area contributed by atoms with Crippen molar-refractivity contribution < 1.29 is 4.42 Å². The van der Waals surface area contributed by atoms with E-state index in [9.17, 15) is 0 Å². The third-order valence-electron chi connectivity index (χ3n) is 12.6. The standard InChI is InChI=1S/C59H38N2O/c1-4-15-43(16-5-1)58-60-53(41-31-27-39(28-32-41)44-35-36-49-48-21-11-13-26-55(48)62-56(49)37-44)38-54(61-58)42-33-29-40(30-34-42)47-23-14-25-52-57(47)50-22-10-12-24-51(50)59(52,45-17-6-2-7-18-45)46-19-8-3-9-20-46/h1-38H. The van der Waals surface area contributed by atoms with Crippen LogP contribution in [0.15, 0.2) is 235 Å². The maximum atomic E-state index is 6.21. The maximum Gasteiger partial charge on any atom is 0.160 e. The highest BCUT2D eigenvalue weighted by Crippen LogP contribution is 2.58. The molecule has 0 fully saturated rings. The van der Waals surface area contributed by atoms with Crippen LogP contribution in [-0.4, -0.2) is 9.97 Å². The molecule has 2 aromatic heterocycles. The topological polar surface area (TPSA) is 38.9 Å². The molecule has 0 bridgehead atoms. The average molecular weight is 791 g/mol. The number of hydrogen-bond donors (Lipinski definition) is 0. The van der Waals surface area contributed by atoms with Gasteiger partial charge in [-0.1, -0.05) is 206 Å². The minimum absolute atomic E-state index is 0.448. The lowest BCUT2D eigenvalue weighted by Gasteiger charge is -2.34. The summed E-state index contributed by atoms with van der Waals surface area (Å²) in [6, 6.07) is 82.3. The largest absolute Gasteiger partial charge is 0.456 e. The normalized spacial score (nSPS) is 12.6. The Morgan fingerprint density at radius 3 is 1.53 bits per heavy atom. The molecule has 9 aromatic carbocycles. The zero-order valence-corrected chi connectivity index (χ0v) is 33.7. The Balaban J connectivity index is 0.936. The summed E-state index contributed by atoms with van der Waals surface area (Å²) in [5.41, 5.74) is 18.4. The van der Waals surface area contributed by atoms with Crippen LogP contribution in [0.4, 0.5) is 0 Å². The van der Waals surface area contributed by atoms with Gasteiger partial charge in [-0.2, -0.15) is 0 Å². The van der Waals surface area contributed by atoms with E-state index in [0.29, 0.717) is 5.82 Å². The molecule has 0 amide bonds.